The SMILES string of the molecule is O=C(c1ccc2ncc(-c3ccncc3)nc2c1)c1c(F)ccc(CCCN[SH](=O)=O)c1Cl. The van der Waals surface area contributed by atoms with E-state index in [1.165, 1.54) is 12.1 Å². The number of halogens is 2. The van der Waals surface area contributed by atoms with E-state index in [4.69, 9.17) is 11.6 Å². The zero-order valence-corrected chi connectivity index (χ0v) is 18.8. The molecule has 4 aromatic rings. The predicted molar refractivity (Wildman–Crippen MR) is 124 cm³/mol. The smallest absolute Gasteiger partial charge is 0.201 e. The van der Waals surface area contributed by atoms with Crippen LogP contribution < -0.4 is 4.72 Å². The first kappa shape index (κ1) is 22.9. The molecule has 10 heteroatoms. The van der Waals surface area contributed by atoms with Crippen LogP contribution in [0.2, 0.25) is 5.02 Å². The maximum atomic E-state index is 14.6. The number of nitrogens with one attached hydrogen (secondary N) is 1. The first-order chi connectivity index (χ1) is 15.9. The topological polar surface area (TPSA) is 102 Å². The van der Waals surface area contributed by atoms with Crippen LogP contribution >= 0.6 is 11.6 Å². The standard InChI is InChI=1S/C23H18ClFN4O3S/c24-22-15(2-1-9-28-33(31)32)3-5-17(25)21(22)23(30)16-4-6-18-19(12-16)29-20(13-27-18)14-7-10-26-11-8-14/h3-8,10-13,33H,1-2,9H2,(H,28,31,32). The molecule has 2 aromatic carbocycles. The molecule has 0 bridgehead atoms. The van der Waals surface area contributed by atoms with Gasteiger partial charge in [-0.25, -0.2) is 22.5 Å². The molecule has 0 amide bonds. The summed E-state index contributed by atoms with van der Waals surface area (Å²) in [6.07, 6.45) is 5.77. The van der Waals surface area contributed by atoms with E-state index in [0.717, 1.165) is 5.56 Å². The quantitative estimate of drug-likeness (QED) is 0.224. The number of pyridine rings is 1. The molecule has 4 rings (SSSR count). The molecule has 168 valence electrons. The number of fused-ring (bicyclic) bond motifs is 1. The average Bonchev–Trinajstić information content (AvgIpc) is 2.82. The third-order valence-electron chi connectivity index (χ3n) is 5.04. The number of benzene rings is 2. The van der Waals surface area contributed by atoms with E-state index < -0.39 is 22.5 Å². The molecule has 33 heavy (non-hydrogen) atoms. The van der Waals surface area contributed by atoms with Crippen LogP contribution in [0, 0.1) is 5.82 Å². The lowest BCUT2D eigenvalue weighted by molar-refractivity contribution is 0.103. The molecule has 0 atom stereocenters. The second-order valence-corrected chi connectivity index (χ2v) is 8.40. The highest BCUT2D eigenvalue weighted by atomic mass is 35.5. The Morgan fingerprint density at radius 1 is 1.06 bits per heavy atom. The number of hydrogen-bond acceptors (Lipinski definition) is 6. The van der Waals surface area contributed by atoms with Crippen molar-refractivity contribution >= 4 is 39.3 Å². The van der Waals surface area contributed by atoms with E-state index in [9.17, 15) is 17.6 Å². The Morgan fingerprint density at radius 3 is 2.61 bits per heavy atom. The molecule has 0 aliphatic heterocycles. The number of aromatic nitrogens is 3. The van der Waals surface area contributed by atoms with Gasteiger partial charge in [0.05, 0.1) is 33.5 Å². The van der Waals surface area contributed by atoms with Gasteiger partial charge in [0.1, 0.15) is 5.82 Å². The van der Waals surface area contributed by atoms with Gasteiger partial charge in [-0.1, -0.05) is 17.7 Å². The highest BCUT2D eigenvalue weighted by molar-refractivity contribution is 7.70. The molecule has 7 nitrogen and oxygen atoms in total. The van der Waals surface area contributed by atoms with Crippen molar-refractivity contribution in [1.29, 1.82) is 0 Å². The summed E-state index contributed by atoms with van der Waals surface area (Å²) in [4.78, 5) is 26.1. The number of rotatable bonds is 8. The number of aryl methyl sites for hydroxylation is 1. The van der Waals surface area contributed by atoms with Crippen LogP contribution in [0.5, 0.6) is 0 Å². The third-order valence-corrected chi connectivity index (χ3v) is 5.96. The predicted octanol–water partition coefficient (Wildman–Crippen LogP) is 3.76. The highest BCUT2D eigenvalue weighted by Gasteiger charge is 2.21. The Bertz CT molecular complexity index is 1410. The van der Waals surface area contributed by atoms with E-state index >= 15 is 0 Å². The number of ketones is 1. The molecule has 0 unspecified atom stereocenters. The largest absolute Gasteiger partial charge is 0.288 e. The van der Waals surface area contributed by atoms with Crippen molar-refractivity contribution in [2.45, 2.75) is 12.8 Å². The molecule has 0 aliphatic carbocycles. The van der Waals surface area contributed by atoms with Gasteiger partial charge in [0.15, 0.2) is 5.78 Å². The summed E-state index contributed by atoms with van der Waals surface area (Å²) in [5, 5.41) is 0.0169. The van der Waals surface area contributed by atoms with Crippen LogP contribution in [-0.2, 0) is 17.3 Å². The molecule has 2 heterocycles. The van der Waals surface area contributed by atoms with Gasteiger partial charge in [-0.3, -0.25) is 14.8 Å². The molecule has 0 spiro atoms. The van der Waals surface area contributed by atoms with Crippen molar-refractivity contribution in [2.75, 3.05) is 6.54 Å². The molecule has 2 aromatic heterocycles. The summed E-state index contributed by atoms with van der Waals surface area (Å²) in [5.74, 6) is -1.30. The van der Waals surface area contributed by atoms with Gasteiger partial charge in [-0.15, -0.1) is 0 Å². The third kappa shape index (κ3) is 5.22. The van der Waals surface area contributed by atoms with Crippen molar-refractivity contribution in [3.63, 3.8) is 0 Å². The number of thiol groups is 1. The second-order valence-electron chi connectivity index (χ2n) is 7.19. The zero-order chi connectivity index (χ0) is 23.4. The fourth-order valence-electron chi connectivity index (χ4n) is 3.40. The van der Waals surface area contributed by atoms with Crippen LogP contribution in [0.3, 0.4) is 0 Å². The molecule has 0 aliphatic rings. The number of nitrogens with zero attached hydrogens (tertiary/aromatic N) is 3. The van der Waals surface area contributed by atoms with Crippen molar-refractivity contribution in [3.8, 4) is 11.3 Å². The molecule has 0 saturated heterocycles. The van der Waals surface area contributed by atoms with Gasteiger partial charge in [-0.2, -0.15) is 0 Å². The van der Waals surface area contributed by atoms with Crippen LogP contribution in [0.25, 0.3) is 22.3 Å². The Kier molecular flexibility index (Phi) is 7.02. The van der Waals surface area contributed by atoms with E-state index in [2.05, 4.69) is 19.7 Å². The van der Waals surface area contributed by atoms with Crippen molar-refractivity contribution < 1.29 is 17.6 Å². The average molecular weight is 485 g/mol. The number of carbonyl (C=O) groups is 1. The van der Waals surface area contributed by atoms with Crippen LogP contribution in [-0.4, -0.2) is 35.7 Å². The summed E-state index contributed by atoms with van der Waals surface area (Å²) in [7, 11) is -2.68. The minimum Gasteiger partial charge on any atom is -0.288 e. The summed E-state index contributed by atoms with van der Waals surface area (Å²) < 4.78 is 38.1. The van der Waals surface area contributed by atoms with E-state index in [1.807, 2.05) is 0 Å². The van der Waals surface area contributed by atoms with E-state index in [0.29, 0.717) is 35.1 Å². The zero-order valence-electron chi connectivity index (χ0n) is 17.2. The highest BCUT2D eigenvalue weighted by Crippen LogP contribution is 2.28. The first-order valence-electron chi connectivity index (χ1n) is 10.0. The summed E-state index contributed by atoms with van der Waals surface area (Å²) in [6, 6.07) is 11.1. The fraction of sp³-hybridized carbons (Fsp3) is 0.130. The summed E-state index contributed by atoms with van der Waals surface area (Å²) in [6.45, 7) is 0.221. The van der Waals surface area contributed by atoms with Gasteiger partial charge in [0.25, 0.3) is 0 Å². The lowest BCUT2D eigenvalue weighted by atomic mass is 9.98. The molecule has 0 fully saturated rings. The Hall–Kier alpha value is -3.27. The lowest BCUT2D eigenvalue weighted by Gasteiger charge is -2.11. The second kappa shape index (κ2) is 10.1. The fourth-order valence-corrected chi connectivity index (χ4v) is 4.08. The normalized spacial score (nSPS) is 11.2. The lowest BCUT2D eigenvalue weighted by Crippen LogP contribution is -2.13. The molecular formula is C23H18ClFN4O3S. The monoisotopic (exact) mass is 484 g/mol. The van der Waals surface area contributed by atoms with Crippen molar-refractivity contribution in [1.82, 2.24) is 19.7 Å². The van der Waals surface area contributed by atoms with E-state index in [1.54, 1.807) is 48.9 Å². The van der Waals surface area contributed by atoms with Crippen molar-refractivity contribution in [2.24, 2.45) is 0 Å². The number of hydrogen-bond donors (Lipinski definition) is 2. The molecule has 0 saturated carbocycles. The number of carbonyl (C=O) groups excluding carboxylic acids is 1. The van der Waals surface area contributed by atoms with Crippen LogP contribution in [0.4, 0.5) is 4.39 Å². The Labute approximate surface area is 195 Å². The molecule has 1 N–H and O–H groups in total. The molecule has 0 radical (unpaired) electrons. The van der Waals surface area contributed by atoms with Gasteiger partial charge >= 0.3 is 0 Å². The minimum absolute atomic E-state index is 0.0169. The van der Waals surface area contributed by atoms with Gasteiger partial charge in [-0.05, 0) is 54.8 Å². The van der Waals surface area contributed by atoms with Gasteiger partial charge in [0, 0.05) is 30.1 Å². The molecular weight excluding hydrogens is 467 g/mol. The van der Waals surface area contributed by atoms with Crippen LogP contribution in [0.15, 0.2) is 61.1 Å². The minimum atomic E-state index is -2.68. The van der Waals surface area contributed by atoms with Gasteiger partial charge in [0.2, 0.25) is 10.9 Å². The summed E-state index contributed by atoms with van der Waals surface area (Å²) in [5.41, 5.74) is 3.09. The van der Waals surface area contributed by atoms with Crippen LogP contribution in [0.1, 0.15) is 27.9 Å². The first-order valence-corrected chi connectivity index (χ1v) is 11.6. The Morgan fingerprint density at radius 2 is 1.85 bits per heavy atom. The maximum Gasteiger partial charge on any atom is 0.201 e. The maximum absolute atomic E-state index is 14.6. The van der Waals surface area contributed by atoms with Crippen molar-refractivity contribution in [3.05, 3.63) is 88.6 Å². The van der Waals surface area contributed by atoms with E-state index in [-0.39, 0.29) is 22.7 Å². The van der Waals surface area contributed by atoms with Gasteiger partial charge < -0.3 is 0 Å². The Balaban J connectivity index is 1.65. The summed E-state index contributed by atoms with van der Waals surface area (Å²) >= 11 is 6.39.